The third-order valence-electron chi connectivity index (χ3n) is 3.38. The van der Waals surface area contributed by atoms with E-state index in [0.29, 0.717) is 6.42 Å². The molecule has 0 aromatic carbocycles. The predicted molar refractivity (Wildman–Crippen MR) is 54.5 cm³/mol. The third kappa shape index (κ3) is 1.28. The summed E-state index contributed by atoms with van der Waals surface area (Å²) in [6.45, 7) is 8.82. The maximum absolute atomic E-state index is 11.2. The number of hydrogen-bond donors (Lipinski definition) is 0. The van der Waals surface area contributed by atoms with Crippen LogP contribution >= 0.6 is 0 Å². The van der Waals surface area contributed by atoms with Gasteiger partial charge in [0.2, 0.25) is 0 Å². The topological polar surface area (TPSA) is 26.3 Å². The van der Waals surface area contributed by atoms with Gasteiger partial charge in [-0.3, -0.25) is 4.79 Å². The van der Waals surface area contributed by atoms with E-state index in [2.05, 4.69) is 27.7 Å². The van der Waals surface area contributed by atoms with Crippen LogP contribution in [-0.2, 0) is 9.53 Å². The summed E-state index contributed by atoms with van der Waals surface area (Å²) in [5.41, 5.74) is 1.61. The summed E-state index contributed by atoms with van der Waals surface area (Å²) >= 11 is 0. The molecule has 0 amide bonds. The summed E-state index contributed by atoms with van der Waals surface area (Å²) in [7, 11) is 0. The molecule has 0 saturated carbocycles. The molecule has 1 aliphatic heterocycles. The zero-order chi connectivity index (χ0) is 10.6. The summed E-state index contributed by atoms with van der Waals surface area (Å²) < 4.78 is 5.40. The van der Waals surface area contributed by atoms with E-state index in [4.69, 9.17) is 4.74 Å². The van der Waals surface area contributed by atoms with Gasteiger partial charge in [0.15, 0.2) is 0 Å². The van der Waals surface area contributed by atoms with Crippen molar-refractivity contribution in [1.29, 1.82) is 0 Å². The Bertz CT molecular complexity index is 321. The maximum Gasteiger partial charge on any atom is 0.311 e. The van der Waals surface area contributed by atoms with Crippen LogP contribution in [0.5, 0.6) is 0 Å². The second-order valence-electron chi connectivity index (χ2n) is 5.73. The van der Waals surface area contributed by atoms with Gasteiger partial charge < -0.3 is 4.74 Å². The van der Waals surface area contributed by atoms with Crippen LogP contribution < -0.4 is 0 Å². The SMILES string of the molecule is CC1(C)CC(C)(C)C2=C1CCC(=O)O2. The van der Waals surface area contributed by atoms with Gasteiger partial charge in [-0.25, -0.2) is 0 Å². The second kappa shape index (κ2) is 2.62. The molecule has 0 spiro atoms. The van der Waals surface area contributed by atoms with Crippen molar-refractivity contribution in [1.82, 2.24) is 0 Å². The Morgan fingerprint density at radius 3 is 2.36 bits per heavy atom. The van der Waals surface area contributed by atoms with Gasteiger partial charge in [0.1, 0.15) is 5.76 Å². The Morgan fingerprint density at radius 1 is 1.07 bits per heavy atom. The minimum absolute atomic E-state index is 0.0366. The molecule has 0 aromatic heterocycles. The zero-order valence-corrected chi connectivity index (χ0v) is 9.44. The Labute approximate surface area is 85.3 Å². The largest absolute Gasteiger partial charge is 0.431 e. The zero-order valence-electron chi connectivity index (χ0n) is 9.44. The van der Waals surface area contributed by atoms with Crippen LogP contribution in [0.4, 0.5) is 0 Å². The quantitative estimate of drug-likeness (QED) is 0.554. The lowest BCUT2D eigenvalue weighted by molar-refractivity contribution is -0.142. The Balaban J connectivity index is 2.45. The standard InChI is InChI=1S/C12H18O2/c1-11(2)7-12(3,4)10-8(11)5-6-9(13)14-10/h5-7H2,1-4H3. The van der Waals surface area contributed by atoms with E-state index in [1.807, 2.05) is 0 Å². The fraction of sp³-hybridized carbons (Fsp3) is 0.750. The second-order valence-corrected chi connectivity index (χ2v) is 5.73. The van der Waals surface area contributed by atoms with Crippen LogP contribution in [-0.4, -0.2) is 5.97 Å². The maximum atomic E-state index is 11.2. The van der Waals surface area contributed by atoms with Crippen LogP contribution in [0.25, 0.3) is 0 Å². The van der Waals surface area contributed by atoms with Crippen molar-refractivity contribution in [3.8, 4) is 0 Å². The lowest BCUT2D eigenvalue weighted by Crippen LogP contribution is -2.19. The van der Waals surface area contributed by atoms with Crippen molar-refractivity contribution in [2.45, 2.75) is 47.0 Å². The van der Waals surface area contributed by atoms with Gasteiger partial charge in [0.05, 0.1) is 0 Å². The first kappa shape index (κ1) is 9.75. The molecule has 0 unspecified atom stereocenters. The van der Waals surface area contributed by atoms with Crippen molar-refractivity contribution in [2.24, 2.45) is 10.8 Å². The minimum Gasteiger partial charge on any atom is -0.431 e. The highest BCUT2D eigenvalue weighted by atomic mass is 16.5. The summed E-state index contributed by atoms with van der Waals surface area (Å²) in [5, 5.41) is 0. The number of esters is 1. The van der Waals surface area contributed by atoms with E-state index < -0.39 is 0 Å². The van der Waals surface area contributed by atoms with Crippen LogP contribution in [0, 0.1) is 10.8 Å². The van der Waals surface area contributed by atoms with Crippen molar-refractivity contribution < 1.29 is 9.53 Å². The molecule has 0 atom stereocenters. The van der Waals surface area contributed by atoms with E-state index >= 15 is 0 Å². The molecule has 0 radical (unpaired) electrons. The number of carbonyl (C=O) groups is 1. The Kier molecular flexibility index (Phi) is 1.82. The summed E-state index contributed by atoms with van der Waals surface area (Å²) in [6, 6.07) is 0. The molecule has 0 aromatic rings. The number of ether oxygens (including phenoxy) is 1. The lowest BCUT2D eigenvalue weighted by Gasteiger charge is -2.24. The van der Waals surface area contributed by atoms with Gasteiger partial charge in [-0.05, 0) is 23.8 Å². The van der Waals surface area contributed by atoms with E-state index in [-0.39, 0.29) is 16.8 Å². The smallest absolute Gasteiger partial charge is 0.311 e. The number of allylic oxidation sites excluding steroid dienone is 2. The minimum atomic E-state index is -0.0606. The first-order valence-corrected chi connectivity index (χ1v) is 5.28. The summed E-state index contributed by atoms with van der Waals surface area (Å²) in [6.07, 6.45) is 2.53. The Hall–Kier alpha value is -0.790. The van der Waals surface area contributed by atoms with Crippen molar-refractivity contribution in [2.75, 3.05) is 0 Å². The van der Waals surface area contributed by atoms with Crippen LogP contribution in [0.2, 0.25) is 0 Å². The molecule has 1 aliphatic carbocycles. The van der Waals surface area contributed by atoms with E-state index in [0.717, 1.165) is 18.6 Å². The molecule has 2 heteroatoms. The number of hydrogen-bond acceptors (Lipinski definition) is 2. The fourth-order valence-corrected chi connectivity index (χ4v) is 3.05. The van der Waals surface area contributed by atoms with E-state index in [9.17, 15) is 4.79 Å². The number of carbonyl (C=O) groups excluding carboxylic acids is 1. The summed E-state index contributed by atoms with van der Waals surface area (Å²) in [5.74, 6) is 0.897. The molecule has 2 nitrogen and oxygen atoms in total. The van der Waals surface area contributed by atoms with Gasteiger partial charge >= 0.3 is 5.97 Å². The lowest BCUT2D eigenvalue weighted by atomic mass is 9.79. The molecule has 0 bridgehead atoms. The molecule has 1 heterocycles. The van der Waals surface area contributed by atoms with Crippen LogP contribution in [0.1, 0.15) is 47.0 Å². The molecule has 2 aliphatic rings. The highest BCUT2D eigenvalue weighted by molar-refractivity contribution is 5.73. The predicted octanol–water partition coefficient (Wildman–Crippen LogP) is 3.03. The first-order chi connectivity index (χ1) is 6.33. The number of rotatable bonds is 0. The molecule has 2 rings (SSSR count). The van der Waals surface area contributed by atoms with Crippen molar-refractivity contribution in [3.05, 3.63) is 11.3 Å². The molecule has 0 N–H and O–H groups in total. The normalized spacial score (nSPS) is 28.7. The van der Waals surface area contributed by atoms with E-state index in [1.54, 1.807) is 0 Å². The highest BCUT2D eigenvalue weighted by Gasteiger charge is 2.47. The van der Waals surface area contributed by atoms with Crippen molar-refractivity contribution in [3.63, 3.8) is 0 Å². The third-order valence-corrected chi connectivity index (χ3v) is 3.38. The highest BCUT2D eigenvalue weighted by Crippen LogP contribution is 2.55. The summed E-state index contributed by atoms with van der Waals surface area (Å²) in [4.78, 5) is 11.2. The van der Waals surface area contributed by atoms with Gasteiger partial charge in [-0.1, -0.05) is 27.7 Å². The van der Waals surface area contributed by atoms with Gasteiger partial charge in [0.25, 0.3) is 0 Å². The molecular formula is C12H18O2. The molecule has 0 fully saturated rings. The Morgan fingerprint density at radius 2 is 1.71 bits per heavy atom. The average Bonchev–Trinajstić information content (AvgIpc) is 2.17. The molecule has 14 heavy (non-hydrogen) atoms. The van der Waals surface area contributed by atoms with Crippen LogP contribution in [0.3, 0.4) is 0 Å². The molecule has 78 valence electrons. The van der Waals surface area contributed by atoms with Crippen LogP contribution in [0.15, 0.2) is 11.3 Å². The van der Waals surface area contributed by atoms with E-state index in [1.165, 1.54) is 5.57 Å². The monoisotopic (exact) mass is 194 g/mol. The molecular weight excluding hydrogens is 176 g/mol. The van der Waals surface area contributed by atoms with Crippen molar-refractivity contribution >= 4 is 5.97 Å². The van der Waals surface area contributed by atoms with Gasteiger partial charge in [-0.15, -0.1) is 0 Å². The first-order valence-electron chi connectivity index (χ1n) is 5.28. The average molecular weight is 194 g/mol. The van der Waals surface area contributed by atoms with Gasteiger partial charge in [-0.2, -0.15) is 0 Å². The molecule has 0 saturated heterocycles. The van der Waals surface area contributed by atoms with Gasteiger partial charge in [0, 0.05) is 11.8 Å². The fourth-order valence-electron chi connectivity index (χ4n) is 3.05.